The van der Waals surface area contributed by atoms with Crippen molar-refractivity contribution in [3.63, 3.8) is 0 Å². The molecule has 4 rings (SSSR count). The molecule has 0 saturated carbocycles. The lowest BCUT2D eigenvalue weighted by Gasteiger charge is -2.39. The number of ether oxygens (including phenoxy) is 1. The van der Waals surface area contributed by atoms with Crippen LogP contribution in [0.1, 0.15) is 33.1 Å². The van der Waals surface area contributed by atoms with Gasteiger partial charge in [-0.05, 0) is 49.9 Å². The van der Waals surface area contributed by atoms with Crippen LogP contribution in [0, 0.1) is 15.5 Å². The molecule has 3 aromatic rings. The van der Waals surface area contributed by atoms with Crippen LogP contribution in [-0.2, 0) is 9.53 Å². The summed E-state index contributed by atoms with van der Waals surface area (Å²) in [6.45, 7) is 5.50. The molecule has 1 aliphatic heterocycles. The van der Waals surface area contributed by atoms with E-state index in [9.17, 15) is 14.9 Å². The molecule has 10 heteroatoms. The van der Waals surface area contributed by atoms with Crippen molar-refractivity contribution < 1.29 is 14.5 Å². The first kappa shape index (κ1) is 24.1. The Morgan fingerprint density at radius 1 is 1.14 bits per heavy atom. The van der Waals surface area contributed by atoms with Crippen LogP contribution in [0.25, 0.3) is 22.4 Å². The van der Waals surface area contributed by atoms with Gasteiger partial charge in [-0.3, -0.25) is 19.9 Å². The van der Waals surface area contributed by atoms with Gasteiger partial charge in [-0.1, -0.05) is 13.0 Å². The van der Waals surface area contributed by atoms with Crippen LogP contribution in [0.5, 0.6) is 0 Å². The standard InChI is InChI=1S/C25H28N6O4/c1-3-25(23(32)35-4-2)8-11-30(12-9-25)24-28-15-18(16-29-24)17-13-19(20-7-5-6-10-27-20)22(26)21(14-17)31(33)34/h5-7,10,13-16H,3-4,8-9,11-12,26H2,1-2H3. The smallest absolute Gasteiger partial charge is 0.312 e. The molecule has 0 unspecified atom stereocenters. The van der Waals surface area contributed by atoms with Crippen LogP contribution in [0.3, 0.4) is 0 Å². The molecule has 1 fully saturated rings. The number of carbonyl (C=O) groups is 1. The van der Waals surface area contributed by atoms with E-state index in [4.69, 9.17) is 10.5 Å². The van der Waals surface area contributed by atoms with Crippen molar-refractivity contribution in [1.29, 1.82) is 0 Å². The lowest BCUT2D eigenvalue weighted by atomic mass is 9.76. The Bertz CT molecular complexity index is 1210. The second-order valence-corrected chi connectivity index (χ2v) is 8.54. The fourth-order valence-corrected chi connectivity index (χ4v) is 4.44. The number of piperidine rings is 1. The van der Waals surface area contributed by atoms with E-state index < -0.39 is 10.3 Å². The summed E-state index contributed by atoms with van der Waals surface area (Å²) in [5.41, 5.74) is 7.73. The maximum absolute atomic E-state index is 12.5. The Kier molecular flexibility index (Phi) is 6.90. The summed E-state index contributed by atoms with van der Waals surface area (Å²) in [5, 5.41) is 11.7. The van der Waals surface area contributed by atoms with Crippen molar-refractivity contribution in [3.8, 4) is 22.4 Å². The number of nitro benzene ring substituents is 1. The van der Waals surface area contributed by atoms with Crippen molar-refractivity contribution in [2.75, 3.05) is 30.3 Å². The predicted molar refractivity (Wildman–Crippen MR) is 133 cm³/mol. The summed E-state index contributed by atoms with van der Waals surface area (Å²) in [7, 11) is 0. The summed E-state index contributed by atoms with van der Waals surface area (Å²) in [6.07, 6.45) is 6.97. The number of carbonyl (C=O) groups excluding carboxylic acids is 1. The van der Waals surface area contributed by atoms with Gasteiger partial charge in [0.1, 0.15) is 5.69 Å². The van der Waals surface area contributed by atoms with Crippen LogP contribution in [0.4, 0.5) is 17.3 Å². The molecule has 0 radical (unpaired) electrons. The molecule has 0 aliphatic carbocycles. The third-order valence-electron chi connectivity index (χ3n) is 6.66. The summed E-state index contributed by atoms with van der Waals surface area (Å²) < 4.78 is 5.31. The fourth-order valence-electron chi connectivity index (χ4n) is 4.44. The zero-order valence-electron chi connectivity index (χ0n) is 19.8. The minimum Gasteiger partial charge on any atom is -0.466 e. The summed E-state index contributed by atoms with van der Waals surface area (Å²) in [5.74, 6) is 0.421. The van der Waals surface area contributed by atoms with Gasteiger partial charge >= 0.3 is 5.97 Å². The molecule has 1 saturated heterocycles. The number of esters is 1. The van der Waals surface area contributed by atoms with E-state index in [-0.39, 0.29) is 17.3 Å². The van der Waals surface area contributed by atoms with E-state index >= 15 is 0 Å². The lowest BCUT2D eigenvalue weighted by molar-refractivity contribution is -0.383. The second kappa shape index (κ2) is 10.0. The number of nitrogens with two attached hydrogens (primary N) is 1. The minimum atomic E-state index is -0.502. The van der Waals surface area contributed by atoms with Gasteiger partial charge in [-0.25, -0.2) is 9.97 Å². The highest BCUT2D eigenvalue weighted by Crippen LogP contribution is 2.39. The van der Waals surface area contributed by atoms with Gasteiger partial charge in [0.15, 0.2) is 0 Å². The lowest BCUT2D eigenvalue weighted by Crippen LogP contribution is -2.45. The molecule has 35 heavy (non-hydrogen) atoms. The summed E-state index contributed by atoms with van der Waals surface area (Å²) >= 11 is 0. The van der Waals surface area contributed by atoms with Crippen LogP contribution in [0.15, 0.2) is 48.9 Å². The summed E-state index contributed by atoms with van der Waals surface area (Å²) in [4.78, 5) is 39.0. The van der Waals surface area contributed by atoms with E-state index in [1.165, 1.54) is 6.07 Å². The van der Waals surface area contributed by atoms with E-state index in [0.717, 1.165) is 6.42 Å². The van der Waals surface area contributed by atoms with Gasteiger partial charge in [-0.2, -0.15) is 0 Å². The number of pyridine rings is 1. The number of anilines is 2. The monoisotopic (exact) mass is 476 g/mol. The molecule has 0 bridgehead atoms. The van der Waals surface area contributed by atoms with Crippen molar-refractivity contribution in [1.82, 2.24) is 15.0 Å². The predicted octanol–water partition coefficient (Wildman–Crippen LogP) is 4.26. The highest BCUT2D eigenvalue weighted by atomic mass is 16.6. The second-order valence-electron chi connectivity index (χ2n) is 8.54. The van der Waals surface area contributed by atoms with Crippen LogP contribution in [-0.4, -0.2) is 45.5 Å². The SMILES string of the molecule is CCOC(=O)C1(CC)CCN(c2ncc(-c3cc(-c4ccccn4)c(N)c([N+](=O)[O-])c3)cn2)CC1. The van der Waals surface area contributed by atoms with Crippen LogP contribution >= 0.6 is 0 Å². The molecule has 182 valence electrons. The number of aromatic nitrogens is 3. The van der Waals surface area contributed by atoms with E-state index in [2.05, 4.69) is 15.0 Å². The molecule has 2 N–H and O–H groups in total. The molecular weight excluding hydrogens is 448 g/mol. The zero-order valence-corrected chi connectivity index (χ0v) is 19.8. The van der Waals surface area contributed by atoms with Crippen molar-refractivity contribution in [2.45, 2.75) is 33.1 Å². The van der Waals surface area contributed by atoms with Gasteiger partial charge in [0, 0.05) is 48.9 Å². The first-order valence-corrected chi connectivity index (χ1v) is 11.6. The Morgan fingerprint density at radius 2 is 1.86 bits per heavy atom. The normalized spacial score (nSPS) is 15.0. The number of nitrogen functional groups attached to an aromatic ring is 1. The van der Waals surface area contributed by atoms with Gasteiger partial charge < -0.3 is 15.4 Å². The molecule has 10 nitrogen and oxygen atoms in total. The quantitative estimate of drug-likeness (QED) is 0.229. The van der Waals surface area contributed by atoms with Gasteiger partial charge in [-0.15, -0.1) is 0 Å². The third-order valence-corrected chi connectivity index (χ3v) is 6.66. The highest BCUT2D eigenvalue weighted by molar-refractivity contribution is 5.86. The maximum atomic E-state index is 12.5. The third kappa shape index (κ3) is 4.77. The molecule has 2 aromatic heterocycles. The van der Waals surface area contributed by atoms with Gasteiger partial charge in [0.2, 0.25) is 5.95 Å². The molecule has 1 aromatic carbocycles. The zero-order chi connectivity index (χ0) is 25.0. The number of hydrogen-bond donors (Lipinski definition) is 1. The topological polar surface area (TPSA) is 137 Å². The van der Waals surface area contributed by atoms with Gasteiger partial charge in [0.05, 0.1) is 22.6 Å². The summed E-state index contributed by atoms with van der Waals surface area (Å²) in [6, 6.07) is 8.50. The maximum Gasteiger partial charge on any atom is 0.312 e. The van der Waals surface area contributed by atoms with Crippen molar-refractivity contribution in [2.24, 2.45) is 5.41 Å². The van der Waals surface area contributed by atoms with E-state index in [1.54, 1.807) is 42.9 Å². The average molecular weight is 477 g/mol. The van der Waals surface area contributed by atoms with Crippen molar-refractivity contribution in [3.05, 3.63) is 59.0 Å². The first-order chi connectivity index (χ1) is 16.9. The number of benzene rings is 1. The average Bonchev–Trinajstić information content (AvgIpc) is 2.89. The van der Waals surface area contributed by atoms with Crippen LogP contribution < -0.4 is 10.6 Å². The van der Waals surface area contributed by atoms with Gasteiger partial charge in [0.25, 0.3) is 5.69 Å². The van der Waals surface area contributed by atoms with Crippen LogP contribution in [0.2, 0.25) is 0 Å². The van der Waals surface area contributed by atoms with E-state index in [1.807, 2.05) is 18.7 Å². The van der Waals surface area contributed by atoms with E-state index in [0.29, 0.717) is 60.9 Å². The largest absolute Gasteiger partial charge is 0.466 e. The Labute approximate surface area is 203 Å². The fraction of sp³-hybridized carbons (Fsp3) is 0.360. The molecule has 3 heterocycles. The molecule has 0 atom stereocenters. The molecular formula is C25H28N6O4. The molecule has 0 amide bonds. The number of nitro groups is 1. The molecule has 0 spiro atoms. The molecule has 1 aliphatic rings. The highest BCUT2D eigenvalue weighted by Gasteiger charge is 2.41. The number of rotatable bonds is 7. The van der Waals surface area contributed by atoms with Crippen molar-refractivity contribution >= 4 is 23.3 Å². The first-order valence-electron chi connectivity index (χ1n) is 11.6. The Morgan fingerprint density at radius 3 is 2.43 bits per heavy atom. The minimum absolute atomic E-state index is 0.0595. The Hall–Kier alpha value is -4.08. The Balaban J connectivity index is 1.58. The number of hydrogen-bond acceptors (Lipinski definition) is 9. The number of nitrogens with zero attached hydrogens (tertiary/aromatic N) is 5.